The van der Waals surface area contributed by atoms with E-state index in [1.807, 2.05) is 61.5 Å². The molecule has 1 aliphatic carbocycles. The lowest BCUT2D eigenvalue weighted by atomic mass is 10.0. The van der Waals surface area contributed by atoms with Gasteiger partial charge in [0, 0.05) is 12.6 Å². The minimum atomic E-state index is -0.829. The molecule has 0 bridgehead atoms. The van der Waals surface area contributed by atoms with Gasteiger partial charge in [-0.1, -0.05) is 73.0 Å². The van der Waals surface area contributed by atoms with Crippen LogP contribution in [0.15, 0.2) is 77.4 Å². The Morgan fingerprint density at radius 1 is 0.971 bits per heavy atom. The molecular weight excluding hydrogens is 442 g/mol. The van der Waals surface area contributed by atoms with Gasteiger partial charge in [-0.05, 0) is 43.0 Å². The lowest BCUT2D eigenvalue weighted by Gasteiger charge is -2.32. The first-order valence-electron chi connectivity index (χ1n) is 12.0. The maximum absolute atomic E-state index is 13.6. The molecule has 1 aliphatic rings. The molecule has 0 unspecified atom stereocenters. The molecule has 1 atom stereocenters. The molecule has 0 aliphatic heterocycles. The number of benzene rings is 2. The fourth-order valence-corrected chi connectivity index (χ4v) is 4.43. The summed E-state index contributed by atoms with van der Waals surface area (Å²) in [6.07, 6.45) is 5.47. The molecule has 0 saturated heterocycles. The van der Waals surface area contributed by atoms with Gasteiger partial charge in [-0.2, -0.15) is 0 Å². The Kier molecular flexibility index (Phi) is 7.98. The number of amides is 3. The topological polar surface area (TPSA) is 91.7 Å². The average molecular weight is 474 g/mol. The van der Waals surface area contributed by atoms with E-state index >= 15 is 0 Å². The van der Waals surface area contributed by atoms with E-state index < -0.39 is 11.9 Å². The lowest BCUT2D eigenvalue weighted by molar-refractivity contribution is -0.141. The molecule has 0 radical (unpaired) electrons. The van der Waals surface area contributed by atoms with Crippen LogP contribution in [0.2, 0.25) is 0 Å². The quantitative estimate of drug-likeness (QED) is 0.489. The van der Waals surface area contributed by atoms with E-state index in [0.717, 1.165) is 42.4 Å². The van der Waals surface area contributed by atoms with E-state index in [1.54, 1.807) is 11.0 Å². The fourth-order valence-electron chi connectivity index (χ4n) is 4.43. The summed E-state index contributed by atoms with van der Waals surface area (Å²) < 4.78 is 5.12. The van der Waals surface area contributed by atoms with Crippen molar-refractivity contribution < 1.29 is 18.8 Å². The van der Waals surface area contributed by atoms with Crippen LogP contribution in [0.3, 0.4) is 0 Å². The van der Waals surface area contributed by atoms with Crippen molar-refractivity contribution in [3.8, 4) is 0 Å². The minimum absolute atomic E-state index is 0.114. The van der Waals surface area contributed by atoms with E-state index in [4.69, 9.17) is 4.42 Å². The van der Waals surface area contributed by atoms with E-state index in [0.29, 0.717) is 0 Å². The largest absolute Gasteiger partial charge is 0.459 e. The first-order valence-corrected chi connectivity index (χ1v) is 12.0. The second-order valence-corrected chi connectivity index (χ2v) is 8.97. The molecule has 0 spiro atoms. The predicted molar refractivity (Wildman–Crippen MR) is 132 cm³/mol. The van der Waals surface area contributed by atoms with Gasteiger partial charge in [-0.3, -0.25) is 14.4 Å². The number of hydrogen-bond donors (Lipinski definition) is 2. The summed E-state index contributed by atoms with van der Waals surface area (Å²) in [5.41, 5.74) is 2.69. The third-order valence-electron chi connectivity index (χ3n) is 6.32. The first-order chi connectivity index (χ1) is 17.0. The number of furan rings is 1. The van der Waals surface area contributed by atoms with Crippen molar-refractivity contribution in [3.05, 3.63) is 95.4 Å². The number of carbonyl (C=O) groups excluding carboxylic acids is 3. The van der Waals surface area contributed by atoms with Crippen LogP contribution in [-0.4, -0.2) is 35.2 Å². The number of rotatable bonds is 9. The zero-order valence-electron chi connectivity index (χ0n) is 19.9. The van der Waals surface area contributed by atoms with Crippen molar-refractivity contribution in [3.63, 3.8) is 0 Å². The van der Waals surface area contributed by atoms with Crippen molar-refractivity contribution >= 4 is 17.7 Å². The summed E-state index contributed by atoms with van der Waals surface area (Å²) in [6, 6.07) is 19.6. The van der Waals surface area contributed by atoms with Crippen molar-refractivity contribution in [2.24, 2.45) is 0 Å². The van der Waals surface area contributed by atoms with Gasteiger partial charge in [0.15, 0.2) is 5.76 Å². The average Bonchev–Trinajstić information content (AvgIpc) is 3.58. The van der Waals surface area contributed by atoms with Gasteiger partial charge in [0.05, 0.1) is 12.8 Å². The Balaban J connectivity index is 1.62. The van der Waals surface area contributed by atoms with Gasteiger partial charge < -0.3 is 20.0 Å². The number of carbonyl (C=O) groups is 3. The normalized spacial score (nSPS) is 14.3. The molecule has 7 nitrogen and oxygen atoms in total. The van der Waals surface area contributed by atoms with Crippen molar-refractivity contribution in [1.29, 1.82) is 0 Å². The molecule has 2 N–H and O–H groups in total. The standard InChI is InChI=1S/C28H31N3O4/c1-20-13-15-22(16-14-20)26(28(34)30-23-10-5-6-11-23)31(19-21-8-3-2-4-9-21)25(32)18-29-27(33)24-12-7-17-35-24/h2-4,7-9,12-17,23,26H,5-6,10-11,18-19H2,1H3,(H,29,33)(H,30,34)/t26-/m0/s1. The van der Waals surface area contributed by atoms with Crippen LogP contribution in [0.4, 0.5) is 0 Å². The summed E-state index contributed by atoms with van der Waals surface area (Å²) in [6.45, 7) is 1.95. The number of hydrogen-bond acceptors (Lipinski definition) is 4. The second kappa shape index (κ2) is 11.5. The van der Waals surface area contributed by atoms with Crippen LogP contribution in [0, 0.1) is 6.92 Å². The summed E-state index contributed by atoms with van der Waals surface area (Å²) in [5.74, 6) is -0.921. The summed E-state index contributed by atoms with van der Waals surface area (Å²) in [4.78, 5) is 41.1. The molecule has 2 aromatic carbocycles. The molecule has 3 aromatic rings. The summed E-state index contributed by atoms with van der Waals surface area (Å²) >= 11 is 0. The highest BCUT2D eigenvalue weighted by Crippen LogP contribution is 2.26. The lowest BCUT2D eigenvalue weighted by Crippen LogP contribution is -2.48. The maximum Gasteiger partial charge on any atom is 0.287 e. The first kappa shape index (κ1) is 24.3. The van der Waals surface area contributed by atoms with Crippen molar-refractivity contribution in [2.45, 2.75) is 51.2 Å². The second-order valence-electron chi connectivity index (χ2n) is 8.97. The number of nitrogens with one attached hydrogen (secondary N) is 2. The van der Waals surface area contributed by atoms with Crippen LogP contribution in [0.5, 0.6) is 0 Å². The smallest absolute Gasteiger partial charge is 0.287 e. The van der Waals surface area contributed by atoms with Crippen LogP contribution < -0.4 is 10.6 Å². The van der Waals surface area contributed by atoms with Crippen LogP contribution in [0.1, 0.15) is 59.0 Å². The molecule has 35 heavy (non-hydrogen) atoms. The Hall–Kier alpha value is -3.87. The number of aryl methyl sites for hydroxylation is 1. The third-order valence-corrected chi connectivity index (χ3v) is 6.32. The highest BCUT2D eigenvalue weighted by Gasteiger charge is 2.33. The SMILES string of the molecule is Cc1ccc([C@@H](C(=O)NC2CCCC2)N(Cc2ccccc2)C(=O)CNC(=O)c2ccco2)cc1. The molecule has 3 amide bonds. The number of nitrogens with zero attached hydrogens (tertiary/aromatic N) is 1. The molecule has 1 fully saturated rings. The molecule has 4 rings (SSSR count). The highest BCUT2D eigenvalue weighted by molar-refractivity contribution is 5.95. The van der Waals surface area contributed by atoms with Gasteiger partial charge in [0.2, 0.25) is 11.8 Å². The fraction of sp³-hybridized carbons (Fsp3) is 0.321. The van der Waals surface area contributed by atoms with Crippen LogP contribution in [0.25, 0.3) is 0 Å². The van der Waals surface area contributed by atoms with E-state index in [1.165, 1.54) is 12.3 Å². The van der Waals surface area contributed by atoms with Crippen molar-refractivity contribution in [1.82, 2.24) is 15.5 Å². The minimum Gasteiger partial charge on any atom is -0.459 e. The highest BCUT2D eigenvalue weighted by atomic mass is 16.3. The summed E-state index contributed by atoms with van der Waals surface area (Å²) in [5, 5.41) is 5.79. The molecule has 7 heteroatoms. The Labute approximate surface area is 205 Å². The van der Waals surface area contributed by atoms with Crippen LogP contribution >= 0.6 is 0 Å². The zero-order chi connectivity index (χ0) is 24.6. The van der Waals surface area contributed by atoms with Gasteiger partial charge >= 0.3 is 0 Å². The van der Waals surface area contributed by atoms with Gasteiger partial charge in [-0.25, -0.2) is 0 Å². The van der Waals surface area contributed by atoms with Gasteiger partial charge in [0.25, 0.3) is 5.91 Å². The molecule has 1 heterocycles. The molecular formula is C28H31N3O4. The summed E-state index contributed by atoms with van der Waals surface area (Å²) in [7, 11) is 0. The zero-order valence-corrected chi connectivity index (χ0v) is 19.9. The van der Waals surface area contributed by atoms with Gasteiger partial charge in [-0.15, -0.1) is 0 Å². The monoisotopic (exact) mass is 473 g/mol. The Bertz CT molecular complexity index is 1120. The van der Waals surface area contributed by atoms with Crippen molar-refractivity contribution in [2.75, 3.05) is 6.54 Å². The Morgan fingerprint density at radius 2 is 1.69 bits per heavy atom. The maximum atomic E-state index is 13.6. The molecule has 182 valence electrons. The van der Waals surface area contributed by atoms with E-state index in [2.05, 4.69) is 10.6 Å². The molecule has 1 aromatic heterocycles. The van der Waals surface area contributed by atoms with Crippen LogP contribution in [-0.2, 0) is 16.1 Å². The molecule has 1 saturated carbocycles. The van der Waals surface area contributed by atoms with Gasteiger partial charge in [0.1, 0.15) is 6.04 Å². The third kappa shape index (κ3) is 6.38. The predicted octanol–water partition coefficient (Wildman–Crippen LogP) is 4.15. The van der Waals surface area contributed by atoms with E-state index in [9.17, 15) is 14.4 Å². The van der Waals surface area contributed by atoms with E-state index in [-0.39, 0.29) is 36.7 Å². The Morgan fingerprint density at radius 3 is 2.34 bits per heavy atom.